The van der Waals surface area contributed by atoms with E-state index in [1.165, 1.54) is 17.0 Å². The summed E-state index contributed by atoms with van der Waals surface area (Å²) >= 11 is 0. The van der Waals surface area contributed by atoms with Crippen molar-refractivity contribution in [2.24, 2.45) is 4.99 Å². The van der Waals surface area contributed by atoms with Crippen LogP contribution in [0.2, 0.25) is 0 Å². The molecule has 3 heterocycles. The topological polar surface area (TPSA) is 71.5 Å². The van der Waals surface area contributed by atoms with Crippen molar-refractivity contribution in [3.63, 3.8) is 0 Å². The van der Waals surface area contributed by atoms with E-state index < -0.39 is 18.2 Å². The lowest BCUT2D eigenvalue weighted by molar-refractivity contribution is -0.127. The normalized spacial score (nSPS) is 24.6. The standard InChI is InChI=1S/C21H27FN6O2/c1-14(2)12-28-17-18(25(3)21(30)24-19(17)29)23-20(28)27-10-8-26(9-11-27)13-15-4-6-16(22)7-5-15/h4-7,17-18H,1,8-13H2,2-3H3,(H,24,29,30). The van der Waals surface area contributed by atoms with Gasteiger partial charge in [-0.15, -0.1) is 0 Å². The largest absolute Gasteiger partial charge is 0.340 e. The number of urea groups is 1. The van der Waals surface area contributed by atoms with Gasteiger partial charge in [-0.2, -0.15) is 0 Å². The molecular weight excluding hydrogens is 387 g/mol. The Hall–Kier alpha value is -2.94. The highest BCUT2D eigenvalue weighted by atomic mass is 19.1. The second kappa shape index (κ2) is 8.06. The van der Waals surface area contributed by atoms with E-state index in [4.69, 9.17) is 4.99 Å². The lowest BCUT2D eigenvalue weighted by Crippen LogP contribution is -2.64. The number of aliphatic imine (C=N–C) groups is 1. The maximum absolute atomic E-state index is 13.1. The smallest absolute Gasteiger partial charge is 0.325 e. The summed E-state index contributed by atoms with van der Waals surface area (Å²) < 4.78 is 13.1. The molecule has 9 heteroatoms. The Balaban J connectivity index is 1.47. The van der Waals surface area contributed by atoms with Gasteiger partial charge in [0.2, 0.25) is 0 Å². The van der Waals surface area contributed by atoms with Crippen molar-refractivity contribution in [1.82, 2.24) is 24.9 Å². The number of halogens is 1. The zero-order valence-electron chi connectivity index (χ0n) is 17.3. The summed E-state index contributed by atoms with van der Waals surface area (Å²) in [5.74, 6) is 0.193. The fourth-order valence-corrected chi connectivity index (χ4v) is 4.19. The van der Waals surface area contributed by atoms with E-state index in [1.54, 1.807) is 7.05 Å². The number of amides is 3. The molecule has 3 aliphatic heterocycles. The molecule has 3 aliphatic rings. The number of guanidine groups is 1. The van der Waals surface area contributed by atoms with E-state index in [0.717, 1.165) is 49.8 Å². The average Bonchev–Trinajstić information content (AvgIpc) is 3.08. The van der Waals surface area contributed by atoms with Gasteiger partial charge in [0.15, 0.2) is 18.2 Å². The number of hydrogen-bond acceptors (Lipinski definition) is 6. The third-order valence-corrected chi connectivity index (χ3v) is 5.75. The maximum Gasteiger partial charge on any atom is 0.325 e. The van der Waals surface area contributed by atoms with Crippen molar-refractivity contribution in [3.05, 3.63) is 47.8 Å². The second-order valence-electron chi connectivity index (χ2n) is 8.17. The summed E-state index contributed by atoms with van der Waals surface area (Å²) in [5.41, 5.74) is 2.00. The molecule has 0 aliphatic carbocycles. The van der Waals surface area contributed by atoms with Crippen LogP contribution in [-0.2, 0) is 11.3 Å². The number of nitrogens with zero attached hydrogens (tertiary/aromatic N) is 5. The monoisotopic (exact) mass is 414 g/mol. The highest BCUT2D eigenvalue weighted by Crippen LogP contribution is 2.26. The van der Waals surface area contributed by atoms with E-state index in [2.05, 4.69) is 21.7 Å². The van der Waals surface area contributed by atoms with Gasteiger partial charge in [0, 0.05) is 46.3 Å². The molecule has 2 atom stereocenters. The molecule has 0 bridgehead atoms. The molecule has 2 fully saturated rings. The number of piperazine rings is 1. The minimum absolute atomic E-state index is 0.227. The van der Waals surface area contributed by atoms with Crippen LogP contribution in [0.3, 0.4) is 0 Å². The molecule has 4 rings (SSSR count). The predicted octanol–water partition coefficient (Wildman–Crippen LogP) is 1.07. The highest BCUT2D eigenvalue weighted by Gasteiger charge is 2.49. The van der Waals surface area contributed by atoms with Crippen molar-refractivity contribution < 1.29 is 14.0 Å². The molecule has 1 N–H and O–H groups in total. The van der Waals surface area contributed by atoms with E-state index >= 15 is 0 Å². The first-order chi connectivity index (χ1) is 14.3. The number of hydrogen-bond donors (Lipinski definition) is 1. The lowest BCUT2D eigenvalue weighted by atomic mass is 10.1. The van der Waals surface area contributed by atoms with Crippen LogP contribution in [0.1, 0.15) is 12.5 Å². The van der Waals surface area contributed by atoms with Crippen molar-refractivity contribution in [2.45, 2.75) is 25.7 Å². The first kappa shape index (κ1) is 20.3. The number of fused-ring (bicyclic) bond motifs is 1. The fraction of sp³-hybridized carbons (Fsp3) is 0.476. The van der Waals surface area contributed by atoms with Gasteiger partial charge in [-0.05, 0) is 24.6 Å². The molecule has 30 heavy (non-hydrogen) atoms. The molecule has 3 amide bonds. The van der Waals surface area contributed by atoms with Crippen LogP contribution >= 0.6 is 0 Å². The Morgan fingerprint density at radius 3 is 2.50 bits per heavy atom. The van der Waals surface area contributed by atoms with Crippen molar-refractivity contribution in [1.29, 1.82) is 0 Å². The van der Waals surface area contributed by atoms with Crippen molar-refractivity contribution in [3.8, 4) is 0 Å². The molecule has 0 aromatic heterocycles. The minimum Gasteiger partial charge on any atom is -0.340 e. The van der Waals surface area contributed by atoms with Crippen LogP contribution < -0.4 is 5.32 Å². The molecule has 1 aromatic rings. The molecular formula is C21H27FN6O2. The number of imide groups is 1. The van der Waals surface area contributed by atoms with Gasteiger partial charge < -0.3 is 14.7 Å². The van der Waals surface area contributed by atoms with E-state index in [0.29, 0.717) is 6.54 Å². The van der Waals surface area contributed by atoms with Crippen LogP contribution in [-0.4, -0.2) is 89.5 Å². The number of carbonyl (C=O) groups excluding carboxylic acids is 2. The molecule has 8 nitrogen and oxygen atoms in total. The molecule has 1 aromatic carbocycles. The van der Waals surface area contributed by atoms with E-state index in [1.807, 2.05) is 24.0 Å². The number of benzene rings is 1. The van der Waals surface area contributed by atoms with Crippen LogP contribution in [0.5, 0.6) is 0 Å². The van der Waals surface area contributed by atoms with E-state index in [9.17, 15) is 14.0 Å². The fourth-order valence-electron chi connectivity index (χ4n) is 4.19. The summed E-state index contributed by atoms with van der Waals surface area (Å²) in [4.78, 5) is 37.3. The first-order valence-corrected chi connectivity index (χ1v) is 10.1. The third kappa shape index (κ3) is 3.89. The third-order valence-electron chi connectivity index (χ3n) is 5.75. The highest BCUT2D eigenvalue weighted by molar-refractivity contribution is 6.03. The molecule has 0 spiro atoms. The van der Waals surface area contributed by atoms with Gasteiger partial charge in [0.1, 0.15) is 5.82 Å². The predicted molar refractivity (Wildman–Crippen MR) is 111 cm³/mol. The zero-order valence-corrected chi connectivity index (χ0v) is 17.3. The van der Waals surface area contributed by atoms with Crippen molar-refractivity contribution >= 4 is 17.9 Å². The Morgan fingerprint density at radius 2 is 1.87 bits per heavy atom. The van der Waals surface area contributed by atoms with Crippen LogP contribution in [0, 0.1) is 5.82 Å². The summed E-state index contributed by atoms with van der Waals surface area (Å²) in [5, 5.41) is 2.42. The van der Waals surface area contributed by atoms with Crippen LogP contribution in [0.25, 0.3) is 0 Å². The molecule has 2 saturated heterocycles. The zero-order chi connectivity index (χ0) is 21.4. The van der Waals surface area contributed by atoms with Crippen LogP contribution in [0.15, 0.2) is 41.4 Å². The number of rotatable bonds is 4. The molecule has 0 radical (unpaired) electrons. The number of carbonyl (C=O) groups is 2. The molecule has 0 saturated carbocycles. The van der Waals surface area contributed by atoms with Gasteiger partial charge in [-0.1, -0.05) is 24.3 Å². The van der Waals surface area contributed by atoms with E-state index in [-0.39, 0.29) is 11.7 Å². The Morgan fingerprint density at radius 1 is 1.20 bits per heavy atom. The van der Waals surface area contributed by atoms with Gasteiger partial charge in [0.05, 0.1) is 0 Å². The van der Waals surface area contributed by atoms with Gasteiger partial charge in [0.25, 0.3) is 5.91 Å². The second-order valence-corrected chi connectivity index (χ2v) is 8.17. The molecule has 160 valence electrons. The minimum atomic E-state index is -0.545. The summed E-state index contributed by atoms with van der Waals surface area (Å²) in [7, 11) is 1.66. The summed E-state index contributed by atoms with van der Waals surface area (Å²) in [6, 6.07) is 5.63. The van der Waals surface area contributed by atoms with Crippen LogP contribution in [0.4, 0.5) is 9.18 Å². The number of nitrogens with one attached hydrogen (secondary N) is 1. The number of likely N-dealkylation sites (N-methyl/N-ethyl adjacent to an activating group) is 1. The Kier molecular flexibility index (Phi) is 5.46. The molecule has 2 unspecified atom stereocenters. The van der Waals surface area contributed by atoms with Gasteiger partial charge >= 0.3 is 6.03 Å². The SMILES string of the molecule is C=C(C)CN1C(N2CCN(Cc3ccc(F)cc3)CC2)=NC2C1C(=O)NC(=O)N2C. The van der Waals surface area contributed by atoms with Gasteiger partial charge in [-0.25, -0.2) is 14.2 Å². The quantitative estimate of drug-likeness (QED) is 0.747. The van der Waals surface area contributed by atoms with Gasteiger partial charge in [-0.3, -0.25) is 15.0 Å². The Bertz CT molecular complexity index is 878. The maximum atomic E-state index is 13.1. The summed E-state index contributed by atoms with van der Waals surface area (Å²) in [6.07, 6.45) is -0.530. The van der Waals surface area contributed by atoms with Crippen molar-refractivity contribution in [2.75, 3.05) is 39.8 Å². The lowest BCUT2D eigenvalue weighted by Gasteiger charge is -2.40. The average molecular weight is 414 g/mol. The summed E-state index contributed by atoms with van der Waals surface area (Å²) in [6.45, 7) is 10.4. The first-order valence-electron chi connectivity index (χ1n) is 10.1. The Labute approximate surface area is 175 Å².